The van der Waals surface area contributed by atoms with Gasteiger partial charge in [-0.1, -0.05) is 0 Å². The number of alkyl halides is 2. The van der Waals surface area contributed by atoms with Crippen molar-refractivity contribution in [2.24, 2.45) is 7.05 Å². The molecule has 1 atom stereocenters. The van der Waals surface area contributed by atoms with Crippen LogP contribution >= 0.6 is 0 Å². The van der Waals surface area contributed by atoms with Gasteiger partial charge in [0.05, 0.1) is 13.0 Å². The SMILES string of the molecule is Cn1cnc(CNCC2CC(F)(F)C(=O)O2)n1. The van der Waals surface area contributed by atoms with E-state index < -0.39 is 24.4 Å². The van der Waals surface area contributed by atoms with Gasteiger partial charge in [-0.25, -0.2) is 9.78 Å². The van der Waals surface area contributed by atoms with Crippen LogP contribution in [0.1, 0.15) is 12.2 Å². The molecule has 2 heterocycles. The van der Waals surface area contributed by atoms with Crippen LogP contribution in [0, 0.1) is 0 Å². The minimum Gasteiger partial charge on any atom is -0.456 e. The fourth-order valence-electron chi connectivity index (χ4n) is 1.57. The van der Waals surface area contributed by atoms with Crippen molar-refractivity contribution in [2.45, 2.75) is 25.0 Å². The Morgan fingerprint density at radius 2 is 2.47 bits per heavy atom. The van der Waals surface area contributed by atoms with Gasteiger partial charge >= 0.3 is 11.9 Å². The van der Waals surface area contributed by atoms with E-state index >= 15 is 0 Å². The van der Waals surface area contributed by atoms with E-state index in [0.29, 0.717) is 12.4 Å². The van der Waals surface area contributed by atoms with Crippen LogP contribution in [0.25, 0.3) is 0 Å². The first-order valence-electron chi connectivity index (χ1n) is 5.11. The van der Waals surface area contributed by atoms with Crippen molar-refractivity contribution in [1.82, 2.24) is 20.1 Å². The van der Waals surface area contributed by atoms with E-state index in [1.54, 1.807) is 18.1 Å². The molecule has 1 unspecified atom stereocenters. The molecule has 0 aliphatic carbocycles. The molecule has 94 valence electrons. The zero-order chi connectivity index (χ0) is 12.5. The van der Waals surface area contributed by atoms with Gasteiger partial charge in [0.2, 0.25) is 0 Å². The van der Waals surface area contributed by atoms with E-state index in [-0.39, 0.29) is 6.54 Å². The zero-order valence-electron chi connectivity index (χ0n) is 9.19. The number of carbonyl (C=O) groups excluding carboxylic acids is 1. The number of ether oxygens (including phenoxy) is 1. The second-order valence-electron chi connectivity index (χ2n) is 3.90. The number of halogens is 2. The molecule has 1 fully saturated rings. The molecule has 8 heteroatoms. The molecule has 1 aliphatic heterocycles. The van der Waals surface area contributed by atoms with Crippen molar-refractivity contribution in [3.63, 3.8) is 0 Å². The fraction of sp³-hybridized carbons (Fsp3) is 0.667. The summed E-state index contributed by atoms with van der Waals surface area (Å²) in [5.74, 6) is -4.24. The molecule has 0 radical (unpaired) electrons. The van der Waals surface area contributed by atoms with Gasteiger partial charge in [0.1, 0.15) is 12.4 Å². The predicted octanol–water partition coefficient (Wildman–Crippen LogP) is -0.145. The third-order valence-electron chi connectivity index (χ3n) is 2.36. The molecule has 1 aromatic rings. The van der Waals surface area contributed by atoms with Crippen molar-refractivity contribution in [2.75, 3.05) is 6.54 Å². The topological polar surface area (TPSA) is 69.0 Å². The minimum atomic E-state index is -3.35. The molecule has 2 rings (SSSR count). The number of hydrogen-bond acceptors (Lipinski definition) is 5. The summed E-state index contributed by atoms with van der Waals surface area (Å²) in [5, 5.41) is 6.87. The maximum absolute atomic E-state index is 12.8. The van der Waals surface area contributed by atoms with Gasteiger partial charge in [0.15, 0.2) is 5.82 Å². The Kier molecular flexibility index (Phi) is 3.05. The smallest absolute Gasteiger partial charge is 0.377 e. The number of nitrogens with zero attached hydrogens (tertiary/aromatic N) is 3. The lowest BCUT2D eigenvalue weighted by molar-refractivity contribution is -0.159. The molecule has 1 aromatic heterocycles. The van der Waals surface area contributed by atoms with Gasteiger partial charge < -0.3 is 10.1 Å². The highest BCUT2D eigenvalue weighted by molar-refractivity contribution is 5.79. The number of aromatic nitrogens is 3. The third kappa shape index (κ3) is 2.76. The standard InChI is InChI=1S/C9H12F2N4O2/c1-15-5-13-7(14-15)4-12-3-6-2-9(10,11)8(16)17-6/h5-6,12H,2-4H2,1H3. The van der Waals surface area contributed by atoms with Crippen molar-refractivity contribution in [3.8, 4) is 0 Å². The van der Waals surface area contributed by atoms with Gasteiger partial charge in [0, 0.05) is 13.6 Å². The highest BCUT2D eigenvalue weighted by Crippen LogP contribution is 2.30. The summed E-state index contributed by atoms with van der Waals surface area (Å²) in [5.41, 5.74) is 0. The molecular formula is C9H12F2N4O2. The molecule has 0 saturated carbocycles. The lowest BCUT2D eigenvalue weighted by atomic mass is 10.2. The van der Waals surface area contributed by atoms with Gasteiger partial charge in [-0.2, -0.15) is 13.9 Å². The maximum atomic E-state index is 12.8. The van der Waals surface area contributed by atoms with E-state index in [1.807, 2.05) is 0 Å². The summed E-state index contributed by atoms with van der Waals surface area (Å²) in [7, 11) is 1.73. The average Bonchev–Trinajstić information content (AvgIpc) is 2.73. The van der Waals surface area contributed by atoms with Crippen LogP contribution in [-0.4, -0.2) is 39.3 Å². The quantitative estimate of drug-likeness (QED) is 0.748. The Labute approximate surface area is 96.0 Å². The van der Waals surface area contributed by atoms with Crippen molar-refractivity contribution in [1.29, 1.82) is 0 Å². The Hall–Kier alpha value is -1.57. The maximum Gasteiger partial charge on any atom is 0.377 e. The van der Waals surface area contributed by atoms with E-state index in [2.05, 4.69) is 20.1 Å². The van der Waals surface area contributed by atoms with Crippen molar-refractivity contribution >= 4 is 5.97 Å². The normalized spacial score (nSPS) is 22.8. The van der Waals surface area contributed by atoms with Crippen LogP contribution in [0.5, 0.6) is 0 Å². The van der Waals surface area contributed by atoms with Crippen LogP contribution in [-0.2, 0) is 23.1 Å². The molecule has 0 aromatic carbocycles. The molecule has 17 heavy (non-hydrogen) atoms. The predicted molar refractivity (Wildman–Crippen MR) is 52.2 cm³/mol. The largest absolute Gasteiger partial charge is 0.456 e. The minimum absolute atomic E-state index is 0.166. The third-order valence-corrected chi connectivity index (χ3v) is 2.36. The van der Waals surface area contributed by atoms with Crippen LogP contribution < -0.4 is 5.32 Å². The van der Waals surface area contributed by atoms with Crippen molar-refractivity contribution in [3.05, 3.63) is 12.2 Å². The Morgan fingerprint density at radius 1 is 1.71 bits per heavy atom. The first-order chi connectivity index (χ1) is 7.97. The summed E-state index contributed by atoms with van der Waals surface area (Å²) in [6.45, 7) is 0.514. The number of esters is 1. The Balaban J connectivity index is 1.75. The van der Waals surface area contributed by atoms with E-state index in [1.165, 1.54) is 0 Å². The van der Waals surface area contributed by atoms with Crippen LogP contribution in [0.2, 0.25) is 0 Å². The van der Waals surface area contributed by atoms with Gasteiger partial charge in [-0.3, -0.25) is 4.68 Å². The molecule has 6 nitrogen and oxygen atoms in total. The zero-order valence-corrected chi connectivity index (χ0v) is 9.19. The fourth-order valence-corrected chi connectivity index (χ4v) is 1.57. The monoisotopic (exact) mass is 246 g/mol. The number of cyclic esters (lactones) is 1. The van der Waals surface area contributed by atoms with Gasteiger partial charge in [-0.05, 0) is 0 Å². The number of rotatable bonds is 4. The average molecular weight is 246 g/mol. The molecule has 0 spiro atoms. The number of nitrogens with one attached hydrogen (secondary N) is 1. The van der Waals surface area contributed by atoms with E-state index in [9.17, 15) is 13.6 Å². The molecule has 1 saturated heterocycles. The lowest BCUT2D eigenvalue weighted by Crippen LogP contribution is -2.27. The van der Waals surface area contributed by atoms with Crippen LogP contribution in [0.15, 0.2) is 6.33 Å². The van der Waals surface area contributed by atoms with Crippen LogP contribution in [0.4, 0.5) is 8.78 Å². The summed E-state index contributed by atoms with van der Waals surface area (Å²) >= 11 is 0. The molecule has 1 aliphatic rings. The number of carbonyl (C=O) groups is 1. The Bertz CT molecular complexity index is 421. The summed E-state index contributed by atoms with van der Waals surface area (Å²) in [6, 6.07) is 0. The van der Waals surface area contributed by atoms with E-state index in [0.717, 1.165) is 0 Å². The highest BCUT2D eigenvalue weighted by Gasteiger charge is 2.50. The number of hydrogen-bond donors (Lipinski definition) is 1. The lowest BCUT2D eigenvalue weighted by Gasteiger charge is -2.08. The van der Waals surface area contributed by atoms with Crippen molar-refractivity contribution < 1.29 is 18.3 Å². The highest BCUT2D eigenvalue weighted by atomic mass is 19.3. The summed E-state index contributed by atoms with van der Waals surface area (Å²) < 4.78 is 31.7. The molecule has 0 bridgehead atoms. The first kappa shape index (κ1) is 11.9. The molecular weight excluding hydrogens is 234 g/mol. The second-order valence-corrected chi connectivity index (χ2v) is 3.90. The summed E-state index contributed by atoms with van der Waals surface area (Å²) in [6.07, 6.45) is 0.177. The van der Waals surface area contributed by atoms with Gasteiger partial charge in [-0.15, -0.1) is 0 Å². The second kappa shape index (κ2) is 4.36. The van der Waals surface area contributed by atoms with E-state index in [4.69, 9.17) is 0 Å². The summed E-state index contributed by atoms with van der Waals surface area (Å²) in [4.78, 5) is 14.7. The first-order valence-corrected chi connectivity index (χ1v) is 5.11. The molecule has 0 amide bonds. The number of aryl methyl sites for hydroxylation is 1. The van der Waals surface area contributed by atoms with Crippen LogP contribution in [0.3, 0.4) is 0 Å². The Morgan fingerprint density at radius 3 is 3.00 bits per heavy atom. The molecule has 1 N–H and O–H groups in total. The van der Waals surface area contributed by atoms with Gasteiger partial charge in [0.25, 0.3) is 0 Å².